The van der Waals surface area contributed by atoms with Gasteiger partial charge in [-0.1, -0.05) is 76.5 Å². The Balaban J connectivity index is 0.000000401. The highest BCUT2D eigenvalue weighted by atomic mass is 32.3. The van der Waals surface area contributed by atoms with E-state index in [9.17, 15) is 43.2 Å². The third-order valence-corrected chi connectivity index (χ3v) is 7.65. The van der Waals surface area contributed by atoms with E-state index in [0.29, 0.717) is 0 Å². The smallest absolute Gasteiger partial charge is 0.421 e. The average molecular weight is 581 g/mol. The molecular formula is C21H30F6N4O4S2. The van der Waals surface area contributed by atoms with Crippen LogP contribution in [-0.4, -0.2) is 37.6 Å². The maximum Gasteiger partial charge on any atom is 0.480 e. The summed E-state index contributed by atoms with van der Waals surface area (Å²) in [4.78, 5) is 0. The fourth-order valence-corrected chi connectivity index (χ4v) is 4.68. The van der Waals surface area contributed by atoms with Crippen molar-refractivity contribution in [3.05, 3.63) is 47.1 Å². The number of alkyl halides is 6. The van der Waals surface area contributed by atoms with E-state index in [2.05, 4.69) is 47.2 Å². The number of sulfonamides is 2. The minimum absolute atomic E-state index is 0.778. The summed E-state index contributed by atoms with van der Waals surface area (Å²) < 4.78 is 113. The van der Waals surface area contributed by atoms with Crippen LogP contribution in [0.2, 0.25) is 0 Å². The monoisotopic (exact) mass is 580 g/mol. The van der Waals surface area contributed by atoms with E-state index in [1.54, 1.807) is 0 Å². The maximum absolute atomic E-state index is 11.4. The van der Waals surface area contributed by atoms with Crippen molar-refractivity contribution in [2.45, 2.75) is 82.3 Å². The number of aromatic nitrogens is 3. The van der Waals surface area contributed by atoms with E-state index in [1.807, 2.05) is 17.1 Å². The minimum Gasteiger partial charge on any atom is -0.421 e. The second-order valence-electron chi connectivity index (χ2n) is 8.00. The summed E-state index contributed by atoms with van der Waals surface area (Å²) in [7, 11) is -13.4. The summed E-state index contributed by atoms with van der Waals surface area (Å²) >= 11 is 0. The molecule has 212 valence electrons. The van der Waals surface area contributed by atoms with Gasteiger partial charge in [0.15, 0.2) is 20.0 Å². The first-order valence-electron chi connectivity index (χ1n) is 11.5. The van der Waals surface area contributed by atoms with Gasteiger partial charge in [-0.3, -0.25) is 0 Å². The van der Waals surface area contributed by atoms with E-state index in [0.717, 1.165) is 10.7 Å². The molecule has 37 heavy (non-hydrogen) atoms. The van der Waals surface area contributed by atoms with Crippen molar-refractivity contribution in [2.24, 2.45) is 0 Å². The van der Waals surface area contributed by atoms with Gasteiger partial charge in [-0.2, -0.15) is 26.3 Å². The number of halogens is 6. The van der Waals surface area contributed by atoms with Crippen LogP contribution >= 0.6 is 0 Å². The molecule has 8 nitrogen and oxygen atoms in total. The molecule has 16 heteroatoms. The Morgan fingerprint density at radius 3 is 1.70 bits per heavy atom. The topological polar surface area (TPSA) is 104 Å². The molecule has 0 N–H and O–H groups in total. The van der Waals surface area contributed by atoms with Crippen LogP contribution in [0.1, 0.15) is 64.7 Å². The lowest BCUT2D eigenvalue weighted by Gasteiger charge is -2.22. The molecule has 0 radical (unpaired) electrons. The number of hydrogen-bond acceptors (Lipinski definition) is 5. The molecule has 1 aromatic heterocycles. The fraction of sp³-hybridized carbons (Fsp3) is 0.619. The van der Waals surface area contributed by atoms with E-state index < -0.39 is 31.1 Å². The lowest BCUT2D eigenvalue weighted by atomic mass is 10.1. The number of para-hydroxylation sites is 1. The zero-order valence-corrected chi connectivity index (χ0v) is 21.8. The van der Waals surface area contributed by atoms with Gasteiger partial charge in [0.1, 0.15) is 12.2 Å². The molecule has 0 aliphatic heterocycles. The summed E-state index contributed by atoms with van der Waals surface area (Å²) in [6.45, 7) is 3.30. The van der Waals surface area contributed by atoms with Gasteiger partial charge in [0.05, 0.1) is 0 Å². The largest absolute Gasteiger partial charge is 0.480 e. The summed E-state index contributed by atoms with van der Waals surface area (Å²) in [6, 6.07) is 10.4. The Labute approximate surface area is 212 Å². The summed E-state index contributed by atoms with van der Waals surface area (Å²) in [5, 5.41) is 4.44. The van der Waals surface area contributed by atoms with Crippen molar-refractivity contribution in [3.63, 3.8) is 0 Å². The van der Waals surface area contributed by atoms with Crippen molar-refractivity contribution in [1.29, 1.82) is 0 Å². The van der Waals surface area contributed by atoms with Crippen LogP contribution in [0.3, 0.4) is 0 Å². The van der Waals surface area contributed by atoms with Crippen LogP contribution in [0.5, 0.6) is 0 Å². The molecule has 0 bridgehead atoms. The molecule has 0 spiro atoms. The van der Waals surface area contributed by atoms with Crippen LogP contribution in [0.4, 0.5) is 26.3 Å². The number of unbranched alkanes of at least 4 members (excludes halogenated alkanes) is 8. The van der Waals surface area contributed by atoms with Gasteiger partial charge in [-0.15, -0.1) is 4.68 Å². The van der Waals surface area contributed by atoms with Crippen LogP contribution in [0, 0.1) is 0 Å². The third-order valence-electron chi connectivity index (χ3n) is 4.91. The van der Waals surface area contributed by atoms with Gasteiger partial charge in [-0.25, -0.2) is 21.4 Å². The van der Waals surface area contributed by atoms with Crippen molar-refractivity contribution in [2.75, 3.05) is 0 Å². The molecule has 0 amide bonds. The molecule has 2 rings (SSSR count). The molecule has 0 atom stereocenters. The van der Waals surface area contributed by atoms with Gasteiger partial charge < -0.3 is 4.13 Å². The third kappa shape index (κ3) is 11.8. The van der Waals surface area contributed by atoms with Gasteiger partial charge in [0.2, 0.25) is 6.33 Å². The quantitative estimate of drug-likeness (QED) is 0.171. The van der Waals surface area contributed by atoms with Crippen molar-refractivity contribution in [3.8, 4) is 5.69 Å². The van der Waals surface area contributed by atoms with Crippen LogP contribution in [-0.2, 0) is 26.6 Å². The maximum atomic E-state index is 11.4. The highest BCUT2D eigenvalue weighted by Crippen LogP contribution is 2.36. The molecular weight excluding hydrogens is 550 g/mol. The van der Waals surface area contributed by atoms with Gasteiger partial charge in [-0.05, 0) is 18.6 Å². The van der Waals surface area contributed by atoms with Crippen LogP contribution in [0.15, 0.2) is 43.0 Å². The molecule has 0 aliphatic carbocycles. The van der Waals surface area contributed by atoms with Crippen molar-refractivity contribution < 1.29 is 47.7 Å². The Bertz CT molecular complexity index is 1090. The van der Waals surface area contributed by atoms with E-state index in [4.69, 9.17) is 0 Å². The molecule has 1 heterocycles. The first kappa shape index (κ1) is 32.8. The van der Waals surface area contributed by atoms with Crippen LogP contribution < -0.4 is 4.57 Å². The van der Waals surface area contributed by atoms with E-state index in [-0.39, 0.29) is 0 Å². The lowest BCUT2D eigenvalue weighted by Crippen LogP contribution is -2.30. The number of hydrogen-bond donors (Lipinski definition) is 0. The number of rotatable bonds is 13. The van der Waals surface area contributed by atoms with Gasteiger partial charge in [0, 0.05) is 5.10 Å². The Morgan fingerprint density at radius 1 is 0.784 bits per heavy atom. The summed E-state index contributed by atoms with van der Waals surface area (Å²) in [5.74, 6) is 0. The lowest BCUT2D eigenvalue weighted by molar-refractivity contribution is -0.596. The molecule has 0 unspecified atom stereocenters. The van der Waals surface area contributed by atoms with Gasteiger partial charge in [0.25, 0.3) is 6.33 Å². The molecule has 0 saturated carbocycles. The summed E-state index contributed by atoms with van der Waals surface area (Å²) in [6.07, 6.45) is 16.3. The number of benzene rings is 1. The molecule has 1 aromatic carbocycles. The number of nitrogens with zero attached hydrogens (tertiary/aromatic N) is 4. The van der Waals surface area contributed by atoms with E-state index in [1.165, 1.54) is 63.5 Å². The SMILES string of the molecule is CCCCCCCCCCCn1c[n+](-c2ccccc2)cn1.O=S(=O)([N-]S(=O)(=O)C(F)(F)F)C(F)(F)F. The predicted octanol–water partition coefficient (Wildman–Crippen LogP) is 5.75. The Kier molecular flexibility index (Phi) is 13.0. The highest BCUT2D eigenvalue weighted by molar-refractivity contribution is 8.13. The van der Waals surface area contributed by atoms with Crippen molar-refractivity contribution in [1.82, 2.24) is 9.78 Å². The Hall–Kier alpha value is -2.20. The van der Waals surface area contributed by atoms with E-state index >= 15 is 0 Å². The zero-order valence-electron chi connectivity index (χ0n) is 20.1. The second kappa shape index (κ2) is 14.7. The Morgan fingerprint density at radius 2 is 1.24 bits per heavy atom. The molecule has 0 aliphatic rings. The predicted molar refractivity (Wildman–Crippen MR) is 124 cm³/mol. The molecule has 0 fully saturated rings. The van der Waals surface area contributed by atoms with Crippen LogP contribution in [0.25, 0.3) is 9.81 Å². The first-order valence-corrected chi connectivity index (χ1v) is 14.3. The van der Waals surface area contributed by atoms with Crippen molar-refractivity contribution >= 4 is 20.0 Å². The minimum atomic E-state index is -6.72. The normalized spacial score (nSPS) is 12.7. The zero-order chi connectivity index (χ0) is 28.2. The van der Waals surface area contributed by atoms with Gasteiger partial charge >= 0.3 is 11.0 Å². The first-order chi connectivity index (χ1) is 17.1. The summed E-state index contributed by atoms with van der Waals surface area (Å²) in [5.41, 5.74) is -11.2. The average Bonchev–Trinajstić information content (AvgIpc) is 3.26. The standard InChI is InChI=1S/C19H30N3.C2F6NO4S2/c1-2-3-4-5-6-7-8-9-13-16-22-18-21(17-20-22)19-14-11-10-12-15-19;3-1(4,5)14(10,11)9-15(12,13)2(6,7)8/h10-12,14-15,17-18H,2-9,13,16H2,1H3;/q+1;-1. The fourth-order valence-electron chi connectivity index (χ4n) is 2.97. The molecule has 0 saturated heterocycles. The second-order valence-corrected chi connectivity index (χ2v) is 11.4. The highest BCUT2D eigenvalue weighted by Gasteiger charge is 2.46. The number of aryl methyl sites for hydroxylation is 1. The molecule has 2 aromatic rings.